The van der Waals surface area contributed by atoms with E-state index in [-0.39, 0.29) is 17.8 Å². The zero-order valence-electron chi connectivity index (χ0n) is 11.4. The largest absolute Gasteiger partial charge is 0.508 e. The smallest absolute Gasteiger partial charge is 0.331 e. The van der Waals surface area contributed by atoms with Gasteiger partial charge >= 0.3 is 5.97 Å². The molecule has 3 atom stereocenters. The molecule has 1 aliphatic heterocycles. The van der Waals surface area contributed by atoms with Gasteiger partial charge in [-0.3, -0.25) is 0 Å². The second-order valence-corrected chi connectivity index (χ2v) is 5.63. The highest BCUT2D eigenvalue weighted by atomic mass is 16.5. The van der Waals surface area contributed by atoms with E-state index in [0.29, 0.717) is 5.82 Å². The summed E-state index contributed by atoms with van der Waals surface area (Å²) in [5, 5.41) is 9.19. The summed E-state index contributed by atoms with van der Waals surface area (Å²) in [5.41, 5.74) is 0.872. The maximum absolute atomic E-state index is 11.9. The summed E-state index contributed by atoms with van der Waals surface area (Å²) in [4.78, 5) is 11.9. The molecule has 0 aromatic heterocycles. The normalized spacial score (nSPS) is 28.3. The molecule has 20 heavy (non-hydrogen) atoms. The molecule has 1 heterocycles. The van der Waals surface area contributed by atoms with Gasteiger partial charge < -0.3 is 9.84 Å². The van der Waals surface area contributed by atoms with Gasteiger partial charge in [0.15, 0.2) is 0 Å². The molecule has 103 valence electrons. The van der Waals surface area contributed by atoms with E-state index in [4.69, 9.17) is 4.74 Å². The van der Waals surface area contributed by atoms with E-state index in [1.165, 1.54) is 18.9 Å². The van der Waals surface area contributed by atoms with Gasteiger partial charge in [-0.2, -0.15) is 0 Å². The highest BCUT2D eigenvalue weighted by molar-refractivity contribution is 6.39. The lowest BCUT2D eigenvalue weighted by atomic mass is 9.65. The Morgan fingerprint density at radius 1 is 1.25 bits per heavy atom. The average Bonchev–Trinajstić information content (AvgIpc) is 3.03. The zero-order chi connectivity index (χ0) is 13.9. The standard InChI is InChI=1S/C16H18BO3/c18-13-5-1-11(2-6-13)3-8-15(19)20-14-7-4-12-9-10-17-16(12)14/h1-3,5-6,8,12,14,16,18H,4,7,9-10H2/b8-3+/t12-,14-,16+/m1/s1. The monoisotopic (exact) mass is 269 g/mol. The Balaban J connectivity index is 1.55. The van der Waals surface area contributed by atoms with Crippen LogP contribution in [0.5, 0.6) is 5.75 Å². The van der Waals surface area contributed by atoms with Crippen molar-refractivity contribution in [1.29, 1.82) is 0 Å². The van der Waals surface area contributed by atoms with E-state index >= 15 is 0 Å². The predicted octanol–water partition coefficient (Wildman–Crippen LogP) is 3.04. The minimum absolute atomic E-state index is 0.0690. The molecule has 0 bridgehead atoms. The number of fused-ring (bicyclic) bond motifs is 1. The Bertz CT molecular complexity index is 509. The van der Waals surface area contributed by atoms with Gasteiger partial charge in [0, 0.05) is 6.08 Å². The Hall–Kier alpha value is -1.71. The lowest BCUT2D eigenvalue weighted by Gasteiger charge is -2.17. The molecular formula is C16H18BO3. The second kappa shape index (κ2) is 5.74. The number of phenols is 1. The number of ether oxygens (including phenoxy) is 1. The molecule has 0 unspecified atom stereocenters. The summed E-state index contributed by atoms with van der Waals surface area (Å²) in [5.74, 6) is 1.15. The molecular weight excluding hydrogens is 251 g/mol. The van der Waals surface area contributed by atoms with Crippen LogP contribution in [0, 0.1) is 5.92 Å². The van der Waals surface area contributed by atoms with Gasteiger partial charge in [0.1, 0.15) is 13.0 Å². The Kier molecular flexibility index (Phi) is 3.81. The van der Waals surface area contributed by atoms with Crippen molar-refractivity contribution in [2.24, 2.45) is 5.92 Å². The van der Waals surface area contributed by atoms with Crippen molar-refractivity contribution in [2.75, 3.05) is 0 Å². The van der Waals surface area contributed by atoms with Gasteiger partial charge in [-0.15, -0.1) is 0 Å². The van der Waals surface area contributed by atoms with Crippen LogP contribution in [-0.2, 0) is 9.53 Å². The minimum atomic E-state index is -0.274. The number of rotatable bonds is 3. The van der Waals surface area contributed by atoms with E-state index < -0.39 is 0 Å². The van der Waals surface area contributed by atoms with Crippen molar-refractivity contribution in [2.45, 2.75) is 37.5 Å². The first-order valence-electron chi connectivity index (χ1n) is 7.23. The molecule has 3 nitrogen and oxygen atoms in total. The van der Waals surface area contributed by atoms with Crippen molar-refractivity contribution >= 4 is 19.3 Å². The Labute approximate surface area is 119 Å². The number of benzene rings is 1. The third-order valence-electron chi connectivity index (χ3n) is 4.34. The summed E-state index contributed by atoms with van der Waals surface area (Å²) < 4.78 is 5.56. The van der Waals surface area contributed by atoms with Gasteiger partial charge in [0.2, 0.25) is 0 Å². The number of carbonyl (C=O) groups is 1. The molecule has 3 rings (SSSR count). The van der Waals surface area contributed by atoms with E-state index in [9.17, 15) is 9.90 Å². The van der Waals surface area contributed by atoms with Crippen LogP contribution in [0.3, 0.4) is 0 Å². The van der Waals surface area contributed by atoms with Crippen molar-refractivity contribution < 1.29 is 14.6 Å². The fourth-order valence-electron chi connectivity index (χ4n) is 3.33. The summed E-state index contributed by atoms with van der Waals surface area (Å²) in [6.45, 7) is 0. The zero-order valence-corrected chi connectivity index (χ0v) is 11.4. The first kappa shape index (κ1) is 13.3. The second-order valence-electron chi connectivity index (χ2n) is 5.63. The molecule has 1 aromatic rings. The Morgan fingerprint density at radius 2 is 2.05 bits per heavy atom. The van der Waals surface area contributed by atoms with E-state index in [1.807, 2.05) is 0 Å². The number of phenolic OH excluding ortho intramolecular Hbond substituents is 1. The fraction of sp³-hybridized carbons (Fsp3) is 0.438. The number of carbonyl (C=O) groups excluding carboxylic acids is 1. The third kappa shape index (κ3) is 2.89. The summed E-state index contributed by atoms with van der Waals surface area (Å²) >= 11 is 0. The first-order valence-corrected chi connectivity index (χ1v) is 7.23. The molecule has 4 heteroatoms. The van der Waals surface area contributed by atoms with Crippen LogP contribution >= 0.6 is 0 Å². The van der Waals surface area contributed by atoms with Gasteiger partial charge in [-0.25, -0.2) is 4.79 Å². The van der Waals surface area contributed by atoms with Gasteiger partial charge in [-0.1, -0.05) is 24.9 Å². The van der Waals surface area contributed by atoms with Crippen LogP contribution in [0.2, 0.25) is 12.1 Å². The van der Waals surface area contributed by atoms with Crippen molar-refractivity contribution in [3.05, 3.63) is 35.9 Å². The molecule has 1 saturated heterocycles. The van der Waals surface area contributed by atoms with Gasteiger partial charge in [0.05, 0.1) is 6.10 Å². The van der Waals surface area contributed by atoms with E-state index in [1.54, 1.807) is 30.3 Å². The van der Waals surface area contributed by atoms with E-state index in [2.05, 4.69) is 7.28 Å². The summed E-state index contributed by atoms with van der Waals surface area (Å²) in [6, 6.07) is 6.71. The van der Waals surface area contributed by atoms with Crippen LogP contribution in [0.25, 0.3) is 6.08 Å². The lowest BCUT2D eigenvalue weighted by Crippen LogP contribution is -2.20. The highest BCUT2D eigenvalue weighted by Gasteiger charge is 2.41. The first-order chi connectivity index (χ1) is 9.72. The van der Waals surface area contributed by atoms with Crippen molar-refractivity contribution in [1.82, 2.24) is 0 Å². The quantitative estimate of drug-likeness (QED) is 0.521. The van der Waals surface area contributed by atoms with Crippen molar-refractivity contribution in [3.63, 3.8) is 0 Å². The van der Waals surface area contributed by atoms with Crippen LogP contribution in [0.15, 0.2) is 30.3 Å². The maximum atomic E-state index is 11.9. The van der Waals surface area contributed by atoms with E-state index in [0.717, 1.165) is 24.2 Å². The lowest BCUT2D eigenvalue weighted by molar-refractivity contribution is -0.142. The van der Waals surface area contributed by atoms with Crippen LogP contribution in [0.4, 0.5) is 0 Å². The van der Waals surface area contributed by atoms with Crippen LogP contribution < -0.4 is 0 Å². The van der Waals surface area contributed by atoms with Crippen LogP contribution in [0.1, 0.15) is 24.8 Å². The minimum Gasteiger partial charge on any atom is -0.508 e. The number of aromatic hydroxyl groups is 1. The van der Waals surface area contributed by atoms with Gasteiger partial charge in [-0.05, 0) is 48.3 Å². The molecule has 1 aromatic carbocycles. The summed E-state index contributed by atoms with van der Waals surface area (Å²) in [6.07, 6.45) is 7.83. The molecule has 1 aliphatic carbocycles. The topological polar surface area (TPSA) is 46.5 Å². The third-order valence-corrected chi connectivity index (χ3v) is 4.34. The molecule has 1 N–H and O–H groups in total. The molecule has 0 amide bonds. The predicted molar refractivity (Wildman–Crippen MR) is 78.7 cm³/mol. The molecule has 2 aliphatic rings. The number of hydrogen-bond donors (Lipinski definition) is 1. The SMILES string of the molecule is O=C(/C=C/c1ccc(O)cc1)O[C@@H]1CC[C@@H]2CC[B][C@@H]21. The average molecular weight is 269 g/mol. The number of esters is 1. The number of hydrogen-bond acceptors (Lipinski definition) is 3. The molecule has 0 spiro atoms. The fourth-order valence-corrected chi connectivity index (χ4v) is 3.33. The molecule has 2 fully saturated rings. The molecule has 1 radical (unpaired) electrons. The van der Waals surface area contributed by atoms with Gasteiger partial charge in [0.25, 0.3) is 0 Å². The Morgan fingerprint density at radius 3 is 2.85 bits per heavy atom. The van der Waals surface area contributed by atoms with Crippen molar-refractivity contribution in [3.8, 4) is 5.75 Å². The van der Waals surface area contributed by atoms with Crippen LogP contribution in [-0.4, -0.2) is 24.5 Å². The maximum Gasteiger partial charge on any atom is 0.331 e. The highest BCUT2D eigenvalue weighted by Crippen LogP contribution is 2.46. The molecule has 1 saturated carbocycles. The summed E-state index contributed by atoms with van der Waals surface area (Å²) in [7, 11) is 2.32.